The molecule has 2 aliphatic rings. The van der Waals surface area contributed by atoms with Crippen LogP contribution in [-0.4, -0.2) is 33.4 Å². The number of fused-ring (bicyclic) bond motifs is 6. The second-order valence-electron chi connectivity index (χ2n) is 6.30. The van der Waals surface area contributed by atoms with Crippen LogP contribution in [-0.2, 0) is 6.42 Å². The molecule has 0 saturated carbocycles. The van der Waals surface area contributed by atoms with Crippen LogP contribution >= 0.6 is 0 Å². The smallest absolute Gasteiger partial charge is 0.335 e. The van der Waals surface area contributed by atoms with Crippen LogP contribution in [0.25, 0.3) is 10.9 Å². The van der Waals surface area contributed by atoms with Crippen LogP contribution in [0.4, 0.5) is 0 Å². The van der Waals surface area contributed by atoms with E-state index in [1.807, 2.05) is 12.1 Å². The van der Waals surface area contributed by atoms with Gasteiger partial charge < -0.3 is 14.8 Å². The van der Waals surface area contributed by atoms with Gasteiger partial charge in [0.05, 0.1) is 16.8 Å². The largest absolute Gasteiger partial charge is 0.478 e. The van der Waals surface area contributed by atoms with Gasteiger partial charge in [0.25, 0.3) is 5.91 Å². The Hall–Kier alpha value is -3.28. The molecule has 2 aromatic carbocycles. The van der Waals surface area contributed by atoms with Crippen LogP contribution in [0, 0.1) is 0 Å². The predicted molar refractivity (Wildman–Crippen MR) is 89.8 cm³/mol. The highest BCUT2D eigenvalue weighted by molar-refractivity contribution is 5.99. The van der Waals surface area contributed by atoms with Crippen molar-refractivity contribution in [2.45, 2.75) is 12.6 Å². The molecule has 1 unspecified atom stereocenters. The molecule has 0 radical (unpaired) electrons. The van der Waals surface area contributed by atoms with Gasteiger partial charge in [-0.2, -0.15) is 0 Å². The highest BCUT2D eigenvalue weighted by atomic mass is 16.5. The van der Waals surface area contributed by atoms with Gasteiger partial charge in [0.1, 0.15) is 5.75 Å². The Bertz CT molecular complexity index is 1050. The van der Waals surface area contributed by atoms with Crippen LogP contribution in [0.1, 0.15) is 38.2 Å². The average molecular weight is 334 g/mol. The molecule has 1 amide bonds. The maximum atomic E-state index is 12.8. The molecule has 6 nitrogen and oxygen atoms in total. The Morgan fingerprint density at radius 1 is 1.24 bits per heavy atom. The number of ether oxygens (including phenoxy) is 1. The standard InChI is InChI=1S/C19H14N2O4/c22-17-12-3-1-2-4-15(12)25-18-16-11(7-8-21(17)18)13-9-10(19(23)24)5-6-14(13)20-16/h1-6,9,18,20H,7-8H2,(H,23,24). The van der Waals surface area contributed by atoms with Crippen molar-refractivity contribution >= 4 is 22.8 Å². The van der Waals surface area contributed by atoms with Crippen molar-refractivity contribution in [3.8, 4) is 5.75 Å². The first kappa shape index (κ1) is 14.1. The first-order valence-corrected chi connectivity index (χ1v) is 8.08. The Labute approximate surface area is 142 Å². The number of hydrogen-bond donors (Lipinski definition) is 2. The zero-order chi connectivity index (χ0) is 17.1. The summed E-state index contributed by atoms with van der Waals surface area (Å²) in [5, 5.41) is 10.1. The molecule has 0 spiro atoms. The lowest BCUT2D eigenvalue weighted by Crippen LogP contribution is -2.45. The van der Waals surface area contributed by atoms with Crippen LogP contribution in [0.5, 0.6) is 5.75 Å². The fourth-order valence-electron chi connectivity index (χ4n) is 3.74. The highest BCUT2D eigenvalue weighted by Gasteiger charge is 2.39. The average Bonchev–Trinajstić information content (AvgIpc) is 3.00. The number of rotatable bonds is 1. The molecule has 0 saturated heterocycles. The SMILES string of the molecule is O=C(O)c1ccc2[nH]c3c(c2c1)CCN1C(=O)c2ccccc2OC31. The maximum absolute atomic E-state index is 12.8. The summed E-state index contributed by atoms with van der Waals surface area (Å²) in [6, 6.07) is 12.3. The quantitative estimate of drug-likeness (QED) is 0.717. The molecule has 5 rings (SSSR count). The summed E-state index contributed by atoms with van der Waals surface area (Å²) in [5.41, 5.74) is 3.53. The number of aromatic amines is 1. The lowest BCUT2D eigenvalue weighted by Gasteiger charge is -2.39. The molecule has 1 atom stereocenters. The van der Waals surface area contributed by atoms with Gasteiger partial charge in [0.15, 0.2) is 0 Å². The van der Waals surface area contributed by atoms with E-state index in [4.69, 9.17) is 4.74 Å². The molecule has 25 heavy (non-hydrogen) atoms. The number of H-pyrrole nitrogens is 1. The molecular weight excluding hydrogens is 320 g/mol. The second-order valence-corrected chi connectivity index (χ2v) is 6.30. The third-order valence-corrected chi connectivity index (χ3v) is 4.94. The van der Waals surface area contributed by atoms with Crippen molar-refractivity contribution in [2.75, 3.05) is 6.54 Å². The first-order chi connectivity index (χ1) is 12.1. The summed E-state index contributed by atoms with van der Waals surface area (Å²) in [7, 11) is 0. The van der Waals surface area contributed by atoms with Crippen molar-refractivity contribution in [3.63, 3.8) is 0 Å². The minimum absolute atomic E-state index is 0.0395. The Morgan fingerprint density at radius 2 is 2.08 bits per heavy atom. The number of carbonyl (C=O) groups excluding carboxylic acids is 1. The van der Waals surface area contributed by atoms with E-state index in [0.29, 0.717) is 24.3 Å². The van der Waals surface area contributed by atoms with Gasteiger partial charge in [-0.1, -0.05) is 12.1 Å². The number of carboxylic acid groups (broad SMARTS) is 1. The molecule has 0 fully saturated rings. The van der Waals surface area contributed by atoms with E-state index < -0.39 is 12.2 Å². The van der Waals surface area contributed by atoms with Gasteiger partial charge in [-0.05, 0) is 42.3 Å². The summed E-state index contributed by atoms with van der Waals surface area (Å²) in [5.74, 6) is -0.416. The Morgan fingerprint density at radius 3 is 2.92 bits per heavy atom. The monoisotopic (exact) mass is 334 g/mol. The number of carbonyl (C=O) groups is 2. The summed E-state index contributed by atoms with van der Waals surface area (Å²) in [4.78, 5) is 29.1. The van der Waals surface area contributed by atoms with Crippen molar-refractivity contribution < 1.29 is 19.4 Å². The van der Waals surface area contributed by atoms with Crippen molar-refractivity contribution in [1.29, 1.82) is 0 Å². The third kappa shape index (κ3) is 1.91. The van der Waals surface area contributed by atoms with Gasteiger partial charge in [0, 0.05) is 17.4 Å². The van der Waals surface area contributed by atoms with E-state index in [2.05, 4.69) is 4.98 Å². The summed E-state index contributed by atoms with van der Waals surface area (Å²) < 4.78 is 6.10. The second kappa shape index (κ2) is 4.86. The normalized spacial score (nSPS) is 18.3. The van der Waals surface area contributed by atoms with E-state index in [1.165, 1.54) is 0 Å². The molecular formula is C19H14N2O4. The fourth-order valence-corrected chi connectivity index (χ4v) is 3.74. The number of para-hydroxylation sites is 1. The number of benzene rings is 2. The van der Waals surface area contributed by atoms with E-state index >= 15 is 0 Å². The number of nitrogens with zero attached hydrogens (tertiary/aromatic N) is 1. The molecule has 124 valence electrons. The van der Waals surface area contributed by atoms with E-state index in [9.17, 15) is 14.7 Å². The Balaban J connectivity index is 1.67. The van der Waals surface area contributed by atoms with Gasteiger partial charge in [-0.25, -0.2) is 4.79 Å². The Kier molecular flexibility index (Phi) is 2.74. The first-order valence-electron chi connectivity index (χ1n) is 8.08. The van der Waals surface area contributed by atoms with Crippen molar-refractivity contribution in [1.82, 2.24) is 9.88 Å². The molecule has 1 aromatic heterocycles. The number of nitrogens with one attached hydrogen (secondary N) is 1. The number of aromatic nitrogens is 1. The topological polar surface area (TPSA) is 82.6 Å². The van der Waals surface area contributed by atoms with Gasteiger partial charge in [-0.15, -0.1) is 0 Å². The van der Waals surface area contributed by atoms with Gasteiger partial charge in [0.2, 0.25) is 6.23 Å². The highest BCUT2D eigenvalue weighted by Crippen LogP contribution is 2.41. The minimum Gasteiger partial charge on any atom is -0.478 e. The zero-order valence-corrected chi connectivity index (χ0v) is 13.2. The van der Waals surface area contributed by atoms with Crippen LogP contribution < -0.4 is 4.74 Å². The summed E-state index contributed by atoms with van der Waals surface area (Å²) >= 11 is 0. The molecule has 0 aliphatic carbocycles. The summed E-state index contributed by atoms with van der Waals surface area (Å²) in [6.07, 6.45) is 0.151. The lowest BCUT2D eigenvalue weighted by molar-refractivity contribution is 0.00202. The van der Waals surface area contributed by atoms with E-state index in [0.717, 1.165) is 22.2 Å². The fraction of sp³-hybridized carbons (Fsp3) is 0.158. The molecule has 2 N–H and O–H groups in total. The van der Waals surface area contributed by atoms with Crippen molar-refractivity contribution in [3.05, 3.63) is 64.8 Å². The zero-order valence-electron chi connectivity index (χ0n) is 13.2. The third-order valence-electron chi connectivity index (χ3n) is 4.94. The van der Waals surface area contributed by atoms with Gasteiger partial charge >= 0.3 is 5.97 Å². The number of aromatic carboxylic acids is 1. The molecule has 0 bridgehead atoms. The van der Waals surface area contributed by atoms with Gasteiger partial charge in [-0.3, -0.25) is 9.69 Å². The minimum atomic E-state index is -0.952. The van der Waals surface area contributed by atoms with Crippen molar-refractivity contribution in [2.24, 2.45) is 0 Å². The van der Waals surface area contributed by atoms with Crippen LogP contribution in [0.3, 0.4) is 0 Å². The predicted octanol–water partition coefficient (Wildman–Crippen LogP) is 2.96. The molecule has 3 aromatic rings. The summed E-state index contributed by atoms with van der Waals surface area (Å²) in [6.45, 7) is 0.537. The number of carboxylic acids is 1. The van der Waals surface area contributed by atoms with Crippen LogP contribution in [0.2, 0.25) is 0 Å². The van der Waals surface area contributed by atoms with Crippen LogP contribution in [0.15, 0.2) is 42.5 Å². The van der Waals surface area contributed by atoms with E-state index in [1.54, 1.807) is 35.2 Å². The number of hydrogen-bond acceptors (Lipinski definition) is 3. The number of amides is 1. The van der Waals surface area contributed by atoms with E-state index in [-0.39, 0.29) is 11.5 Å². The molecule has 6 heteroatoms. The maximum Gasteiger partial charge on any atom is 0.335 e. The molecule has 3 heterocycles. The molecule has 2 aliphatic heterocycles. The lowest BCUT2D eigenvalue weighted by atomic mass is 9.99.